The molecule has 90 valence electrons. The average molecular weight is 235 g/mol. The topological polar surface area (TPSA) is 42.2 Å². The van der Waals surface area contributed by atoms with Crippen molar-refractivity contribution in [3.8, 4) is 17.6 Å². The Hall–Kier alpha value is -1.76. The molecule has 1 aliphatic rings. The van der Waals surface area contributed by atoms with Crippen LogP contribution in [0.4, 0.5) is 4.39 Å². The maximum atomic E-state index is 14.3. The summed E-state index contributed by atoms with van der Waals surface area (Å²) in [5.41, 5.74) is -0.405. The molecule has 0 saturated heterocycles. The molecule has 0 amide bonds. The van der Waals surface area contributed by atoms with Gasteiger partial charge in [-0.05, 0) is 31.4 Å². The van der Waals surface area contributed by atoms with Gasteiger partial charge in [0, 0.05) is 0 Å². The fourth-order valence-electron chi connectivity index (χ4n) is 2.26. The fraction of sp³-hybridized carbons (Fsp3) is 0.462. The first-order valence-corrected chi connectivity index (χ1v) is 5.51. The van der Waals surface area contributed by atoms with E-state index < -0.39 is 11.2 Å². The Bertz CT molecular complexity index is 475. The van der Waals surface area contributed by atoms with E-state index in [-0.39, 0.29) is 5.75 Å². The number of benzene rings is 1. The standard InChI is InChI=1S/C13H14FNO2/c1-16-9-4-5-10(17-2)12(14)11(9)13(8-15)6-3-7-13/h4-5H,3,6-7H2,1-2H3. The van der Waals surface area contributed by atoms with Crippen LogP contribution in [-0.2, 0) is 5.41 Å². The molecule has 17 heavy (non-hydrogen) atoms. The molecule has 0 heterocycles. The highest BCUT2D eigenvalue weighted by Crippen LogP contribution is 2.49. The Morgan fingerprint density at radius 1 is 1.24 bits per heavy atom. The largest absolute Gasteiger partial charge is 0.496 e. The minimum Gasteiger partial charge on any atom is -0.496 e. The lowest BCUT2D eigenvalue weighted by Crippen LogP contribution is -2.34. The smallest absolute Gasteiger partial charge is 0.173 e. The second-order valence-electron chi connectivity index (χ2n) is 4.21. The normalized spacial score (nSPS) is 16.8. The van der Waals surface area contributed by atoms with E-state index in [2.05, 4.69) is 6.07 Å². The highest BCUT2D eigenvalue weighted by atomic mass is 19.1. The summed E-state index contributed by atoms with van der Waals surface area (Å²) in [5.74, 6) is 0.0972. The van der Waals surface area contributed by atoms with Gasteiger partial charge in [0.25, 0.3) is 0 Å². The molecule has 0 aromatic heterocycles. The molecule has 1 aromatic carbocycles. The van der Waals surface area contributed by atoms with Crippen LogP contribution in [0.5, 0.6) is 11.5 Å². The van der Waals surface area contributed by atoms with Gasteiger partial charge >= 0.3 is 0 Å². The molecule has 0 spiro atoms. The molecular formula is C13H14FNO2. The lowest BCUT2D eigenvalue weighted by Gasteiger charge is -2.36. The number of hydrogen-bond acceptors (Lipinski definition) is 3. The number of rotatable bonds is 3. The van der Waals surface area contributed by atoms with E-state index in [4.69, 9.17) is 9.47 Å². The van der Waals surface area contributed by atoms with Crippen molar-refractivity contribution in [1.29, 1.82) is 5.26 Å². The van der Waals surface area contributed by atoms with E-state index in [1.807, 2.05) is 0 Å². The molecule has 1 aliphatic carbocycles. The predicted molar refractivity (Wildman–Crippen MR) is 60.6 cm³/mol. The van der Waals surface area contributed by atoms with E-state index in [0.717, 1.165) is 6.42 Å². The Labute approximate surface area is 99.8 Å². The molecule has 1 fully saturated rings. The predicted octanol–water partition coefficient (Wildman–Crippen LogP) is 2.79. The number of halogens is 1. The third-order valence-electron chi connectivity index (χ3n) is 3.41. The second-order valence-corrected chi connectivity index (χ2v) is 4.21. The molecule has 3 nitrogen and oxygen atoms in total. The minimum absolute atomic E-state index is 0.155. The van der Waals surface area contributed by atoms with Gasteiger partial charge in [0.05, 0.1) is 31.3 Å². The average Bonchev–Trinajstić information content (AvgIpc) is 2.30. The zero-order chi connectivity index (χ0) is 12.5. The highest BCUT2D eigenvalue weighted by molar-refractivity contribution is 5.50. The van der Waals surface area contributed by atoms with Gasteiger partial charge in [0.1, 0.15) is 5.75 Å². The van der Waals surface area contributed by atoms with Crippen LogP contribution in [0, 0.1) is 17.1 Å². The van der Waals surface area contributed by atoms with Crippen LogP contribution in [0.3, 0.4) is 0 Å². The maximum absolute atomic E-state index is 14.3. The molecule has 0 aliphatic heterocycles. The molecule has 0 unspecified atom stereocenters. The van der Waals surface area contributed by atoms with E-state index in [0.29, 0.717) is 24.2 Å². The highest BCUT2D eigenvalue weighted by Gasteiger charge is 2.44. The Morgan fingerprint density at radius 2 is 1.82 bits per heavy atom. The Morgan fingerprint density at radius 3 is 2.24 bits per heavy atom. The van der Waals surface area contributed by atoms with Gasteiger partial charge in [-0.1, -0.05) is 0 Å². The van der Waals surface area contributed by atoms with Gasteiger partial charge in [0.15, 0.2) is 11.6 Å². The molecule has 0 atom stereocenters. The van der Waals surface area contributed by atoms with Gasteiger partial charge < -0.3 is 9.47 Å². The minimum atomic E-state index is -0.746. The fourth-order valence-corrected chi connectivity index (χ4v) is 2.26. The van der Waals surface area contributed by atoms with Crippen molar-refractivity contribution in [3.05, 3.63) is 23.5 Å². The summed E-state index contributed by atoms with van der Waals surface area (Å²) in [4.78, 5) is 0. The molecule has 0 bridgehead atoms. The zero-order valence-corrected chi connectivity index (χ0v) is 9.92. The van der Waals surface area contributed by atoms with E-state index in [9.17, 15) is 9.65 Å². The zero-order valence-electron chi connectivity index (χ0n) is 9.92. The van der Waals surface area contributed by atoms with Crippen molar-refractivity contribution in [2.45, 2.75) is 24.7 Å². The Kier molecular flexibility index (Phi) is 2.93. The summed E-state index contributed by atoms with van der Waals surface area (Å²) in [7, 11) is 2.89. The second kappa shape index (κ2) is 4.25. The van der Waals surface area contributed by atoms with Crippen molar-refractivity contribution < 1.29 is 13.9 Å². The van der Waals surface area contributed by atoms with Gasteiger partial charge in [-0.25, -0.2) is 4.39 Å². The van der Waals surface area contributed by atoms with Crippen LogP contribution in [0.25, 0.3) is 0 Å². The van der Waals surface area contributed by atoms with Crippen molar-refractivity contribution in [3.63, 3.8) is 0 Å². The summed E-state index contributed by atoms with van der Waals surface area (Å²) >= 11 is 0. The molecule has 2 rings (SSSR count). The SMILES string of the molecule is COc1ccc(OC)c(C2(C#N)CCC2)c1F. The van der Waals surface area contributed by atoms with Crippen LogP contribution >= 0.6 is 0 Å². The van der Waals surface area contributed by atoms with Gasteiger partial charge in [-0.2, -0.15) is 5.26 Å². The summed E-state index contributed by atoms with van der Waals surface area (Å²) in [6.45, 7) is 0. The number of ether oxygens (including phenoxy) is 2. The maximum Gasteiger partial charge on any atom is 0.173 e. The van der Waals surface area contributed by atoms with E-state index in [1.54, 1.807) is 6.07 Å². The first-order valence-electron chi connectivity index (χ1n) is 5.51. The number of hydrogen-bond donors (Lipinski definition) is 0. The summed E-state index contributed by atoms with van der Waals surface area (Å²) in [6.07, 6.45) is 2.28. The van der Waals surface area contributed by atoms with E-state index >= 15 is 0 Å². The van der Waals surface area contributed by atoms with Gasteiger partial charge in [0.2, 0.25) is 0 Å². The van der Waals surface area contributed by atoms with Crippen molar-refractivity contribution >= 4 is 0 Å². The monoisotopic (exact) mass is 235 g/mol. The van der Waals surface area contributed by atoms with Gasteiger partial charge in [-0.15, -0.1) is 0 Å². The number of methoxy groups -OCH3 is 2. The Balaban J connectivity index is 2.61. The molecule has 1 aromatic rings. The quantitative estimate of drug-likeness (QED) is 0.809. The van der Waals surface area contributed by atoms with Crippen molar-refractivity contribution in [2.75, 3.05) is 14.2 Å². The van der Waals surface area contributed by atoms with Crippen LogP contribution in [0.2, 0.25) is 0 Å². The summed E-state index contributed by atoms with van der Waals surface area (Å²) in [5, 5.41) is 9.28. The number of nitriles is 1. The van der Waals surface area contributed by atoms with Crippen LogP contribution in [0.1, 0.15) is 24.8 Å². The third-order valence-corrected chi connectivity index (χ3v) is 3.41. The molecule has 0 radical (unpaired) electrons. The van der Waals surface area contributed by atoms with Crippen LogP contribution in [0.15, 0.2) is 12.1 Å². The van der Waals surface area contributed by atoms with Crippen LogP contribution < -0.4 is 9.47 Å². The third kappa shape index (κ3) is 1.62. The van der Waals surface area contributed by atoms with E-state index in [1.165, 1.54) is 20.3 Å². The first-order chi connectivity index (χ1) is 8.18. The molecule has 4 heteroatoms. The van der Waals surface area contributed by atoms with Crippen molar-refractivity contribution in [1.82, 2.24) is 0 Å². The van der Waals surface area contributed by atoms with Crippen molar-refractivity contribution in [2.24, 2.45) is 0 Å². The molecular weight excluding hydrogens is 221 g/mol. The molecule has 0 N–H and O–H groups in total. The summed E-state index contributed by atoms with van der Waals surface area (Å²) in [6, 6.07) is 5.39. The first kappa shape index (κ1) is 11.7. The summed E-state index contributed by atoms with van der Waals surface area (Å²) < 4.78 is 24.4. The van der Waals surface area contributed by atoms with Gasteiger partial charge in [-0.3, -0.25) is 0 Å². The molecule has 1 saturated carbocycles. The lowest BCUT2D eigenvalue weighted by atomic mass is 9.65. The lowest BCUT2D eigenvalue weighted by molar-refractivity contribution is 0.288. The number of nitrogens with zero attached hydrogens (tertiary/aromatic N) is 1. The van der Waals surface area contributed by atoms with Crippen LogP contribution in [-0.4, -0.2) is 14.2 Å².